The largest absolute Gasteiger partial charge is 0.490 e. The zero-order chi connectivity index (χ0) is 34.6. The number of aliphatic carboxylic acids is 1. The summed E-state index contributed by atoms with van der Waals surface area (Å²) in [6.45, 7) is 21.0. The van der Waals surface area contributed by atoms with Gasteiger partial charge in [0, 0.05) is 42.4 Å². The maximum Gasteiger partial charge on any atom is 0.337 e. The number of carbonyl (C=O) groups is 1. The van der Waals surface area contributed by atoms with E-state index in [0.717, 1.165) is 47.4 Å². The first-order chi connectivity index (χ1) is 22.8. The van der Waals surface area contributed by atoms with E-state index < -0.39 is 17.7 Å². The quantitative estimate of drug-likeness (QED) is 0.144. The Balaban J connectivity index is 1.61. The molecule has 1 aliphatic heterocycles. The molecule has 9 heteroatoms. The monoisotopic (exact) mass is 652 g/mol. The second-order valence-corrected chi connectivity index (χ2v) is 13.7. The number of fused-ring (bicyclic) bond motifs is 1. The van der Waals surface area contributed by atoms with Gasteiger partial charge >= 0.3 is 5.97 Å². The molecule has 0 amide bonds. The highest BCUT2D eigenvalue weighted by Gasteiger charge is 2.37. The van der Waals surface area contributed by atoms with Gasteiger partial charge in [-0.15, -0.1) is 13.2 Å². The molecule has 1 unspecified atom stereocenters. The number of hydrogen-bond acceptors (Lipinski definition) is 7. The summed E-state index contributed by atoms with van der Waals surface area (Å²) in [5.41, 5.74) is 4.31. The number of anilines is 1. The normalized spacial score (nSPS) is 16.0. The minimum absolute atomic E-state index is 0.00898. The first-order valence-electron chi connectivity index (χ1n) is 16.6. The van der Waals surface area contributed by atoms with Crippen molar-refractivity contribution in [3.63, 3.8) is 0 Å². The van der Waals surface area contributed by atoms with Crippen molar-refractivity contribution in [2.24, 2.45) is 0 Å². The van der Waals surface area contributed by atoms with Crippen molar-refractivity contribution in [1.82, 2.24) is 14.6 Å². The molecule has 9 nitrogen and oxygen atoms in total. The van der Waals surface area contributed by atoms with E-state index >= 15 is 0 Å². The van der Waals surface area contributed by atoms with Crippen molar-refractivity contribution in [2.45, 2.75) is 84.2 Å². The summed E-state index contributed by atoms with van der Waals surface area (Å²) in [7, 11) is 0. The SMILES string of the molecule is C=CCOC1(C)CCN(c2c(C(OC(C)(C)C)C(=O)O)c(C)nc3cc(-c4cccc(-c5ccccc5O[C@H](C)CC=C)c4)nn23)CC1. The van der Waals surface area contributed by atoms with Gasteiger partial charge in [0.05, 0.1) is 35.2 Å². The molecule has 0 radical (unpaired) electrons. The molecule has 0 aliphatic carbocycles. The van der Waals surface area contributed by atoms with Gasteiger partial charge in [0.1, 0.15) is 11.6 Å². The van der Waals surface area contributed by atoms with E-state index in [0.29, 0.717) is 42.4 Å². The lowest BCUT2D eigenvalue weighted by Crippen LogP contribution is -2.45. The van der Waals surface area contributed by atoms with Crippen molar-refractivity contribution in [3.05, 3.63) is 91.2 Å². The van der Waals surface area contributed by atoms with Crippen molar-refractivity contribution >= 4 is 17.4 Å². The topological polar surface area (TPSA) is 98.4 Å². The number of carboxylic acid groups (broad SMARTS) is 1. The number of nitrogens with zero attached hydrogens (tertiary/aromatic N) is 4. The molecule has 1 N–H and O–H groups in total. The van der Waals surface area contributed by atoms with Crippen LogP contribution in [0.15, 0.2) is 79.9 Å². The van der Waals surface area contributed by atoms with Crippen LogP contribution in [0.4, 0.5) is 5.82 Å². The van der Waals surface area contributed by atoms with Crippen LogP contribution < -0.4 is 9.64 Å². The smallest absolute Gasteiger partial charge is 0.337 e. The predicted molar refractivity (Wildman–Crippen MR) is 191 cm³/mol. The maximum absolute atomic E-state index is 12.8. The number of aromatic nitrogens is 3. The number of para-hydroxylation sites is 1. The summed E-state index contributed by atoms with van der Waals surface area (Å²) in [6.07, 6.45) is 4.63. The molecule has 1 saturated heterocycles. The van der Waals surface area contributed by atoms with Crippen LogP contribution in [-0.4, -0.2) is 62.7 Å². The molecule has 2 atom stereocenters. The molecular formula is C39H48N4O5. The van der Waals surface area contributed by atoms with Gasteiger partial charge in [0.15, 0.2) is 11.8 Å². The van der Waals surface area contributed by atoms with E-state index in [1.165, 1.54) is 0 Å². The van der Waals surface area contributed by atoms with Gasteiger partial charge in [0.2, 0.25) is 0 Å². The van der Waals surface area contributed by atoms with E-state index in [1.54, 1.807) is 10.6 Å². The van der Waals surface area contributed by atoms with Gasteiger partial charge in [-0.1, -0.05) is 48.6 Å². The zero-order valence-electron chi connectivity index (χ0n) is 29.0. The van der Waals surface area contributed by atoms with Crippen LogP contribution in [0, 0.1) is 6.92 Å². The third-order valence-corrected chi connectivity index (χ3v) is 8.62. The van der Waals surface area contributed by atoms with Crippen LogP contribution in [0.2, 0.25) is 0 Å². The van der Waals surface area contributed by atoms with Crippen LogP contribution in [0.1, 0.15) is 71.2 Å². The summed E-state index contributed by atoms with van der Waals surface area (Å²) >= 11 is 0. The number of hydrogen-bond donors (Lipinski definition) is 1. The average Bonchev–Trinajstić information content (AvgIpc) is 3.46. The van der Waals surface area contributed by atoms with Crippen molar-refractivity contribution < 1.29 is 24.1 Å². The molecule has 0 bridgehead atoms. The molecular weight excluding hydrogens is 604 g/mol. The number of aryl methyl sites for hydroxylation is 1. The fourth-order valence-electron chi connectivity index (χ4n) is 6.20. The van der Waals surface area contributed by atoms with Gasteiger partial charge in [-0.3, -0.25) is 0 Å². The van der Waals surface area contributed by atoms with E-state index in [1.807, 2.05) is 77.1 Å². The highest BCUT2D eigenvalue weighted by Crippen LogP contribution is 2.39. The molecule has 3 heterocycles. The standard InChI is InChI=1S/C39H48N4O5/c1-9-14-26(3)47-32-18-12-11-17-30(32)28-15-13-16-29(24-28)31-25-33-40-27(4)34(35(37(44)45)48-38(5,6)7)36(43(33)41-31)42-21-19-39(8,20-22-42)46-23-10-2/h9-13,15-18,24-26,35H,1-2,14,19-23H2,3-8H3,(H,44,45)/t26-,35?/m1/s1. The number of benzene rings is 2. The van der Waals surface area contributed by atoms with Gasteiger partial charge < -0.3 is 24.2 Å². The highest BCUT2D eigenvalue weighted by molar-refractivity contribution is 5.80. The van der Waals surface area contributed by atoms with Gasteiger partial charge in [0.25, 0.3) is 0 Å². The Morgan fingerprint density at radius 3 is 2.44 bits per heavy atom. The molecule has 0 spiro atoms. The van der Waals surface area contributed by atoms with Gasteiger partial charge in [-0.05, 0) is 72.1 Å². The lowest BCUT2D eigenvalue weighted by Gasteiger charge is -2.41. The second kappa shape index (κ2) is 14.3. The Bertz CT molecular complexity index is 1780. The van der Waals surface area contributed by atoms with E-state index in [2.05, 4.69) is 43.2 Å². The van der Waals surface area contributed by atoms with Crippen molar-refractivity contribution in [2.75, 3.05) is 24.6 Å². The molecule has 4 aromatic rings. The van der Waals surface area contributed by atoms with Gasteiger partial charge in [-0.25, -0.2) is 9.78 Å². The molecule has 0 saturated carbocycles. The number of carboxylic acids is 1. The van der Waals surface area contributed by atoms with Crippen LogP contribution in [0.3, 0.4) is 0 Å². The minimum Gasteiger partial charge on any atom is -0.490 e. The number of ether oxygens (including phenoxy) is 3. The average molecular weight is 653 g/mol. The molecule has 1 aliphatic rings. The first-order valence-corrected chi connectivity index (χ1v) is 16.6. The third kappa shape index (κ3) is 7.80. The third-order valence-electron chi connectivity index (χ3n) is 8.62. The first kappa shape index (κ1) is 34.9. The Labute approximate surface area is 283 Å². The lowest BCUT2D eigenvalue weighted by molar-refractivity contribution is -0.160. The van der Waals surface area contributed by atoms with Crippen LogP contribution in [-0.2, 0) is 14.3 Å². The van der Waals surface area contributed by atoms with Crippen LogP contribution in [0.5, 0.6) is 5.75 Å². The summed E-state index contributed by atoms with van der Waals surface area (Å²) in [4.78, 5) is 19.9. The number of piperidine rings is 1. The second-order valence-electron chi connectivity index (χ2n) is 13.7. The maximum atomic E-state index is 12.8. The minimum atomic E-state index is -1.24. The fourth-order valence-corrected chi connectivity index (χ4v) is 6.20. The molecule has 5 rings (SSSR count). The van der Waals surface area contributed by atoms with Crippen molar-refractivity contribution in [3.8, 4) is 28.1 Å². The molecule has 1 fully saturated rings. The summed E-state index contributed by atoms with van der Waals surface area (Å²) in [5, 5.41) is 15.6. The molecule has 2 aromatic carbocycles. The number of rotatable bonds is 13. The molecule has 254 valence electrons. The van der Waals surface area contributed by atoms with Gasteiger partial charge in [-0.2, -0.15) is 9.61 Å². The summed E-state index contributed by atoms with van der Waals surface area (Å²) in [6, 6.07) is 18.2. The van der Waals surface area contributed by atoms with Crippen LogP contribution in [0.25, 0.3) is 28.0 Å². The van der Waals surface area contributed by atoms with Crippen molar-refractivity contribution in [1.29, 1.82) is 0 Å². The summed E-state index contributed by atoms with van der Waals surface area (Å²) < 4.78 is 20.4. The summed E-state index contributed by atoms with van der Waals surface area (Å²) in [5.74, 6) is 0.406. The fraction of sp³-hybridized carbons (Fsp3) is 0.410. The molecule has 48 heavy (non-hydrogen) atoms. The Morgan fingerprint density at radius 1 is 1.06 bits per heavy atom. The zero-order valence-corrected chi connectivity index (χ0v) is 29.0. The van der Waals surface area contributed by atoms with Crippen LogP contribution >= 0.6 is 0 Å². The predicted octanol–water partition coefficient (Wildman–Crippen LogP) is 8.22. The van der Waals surface area contributed by atoms with E-state index in [9.17, 15) is 9.90 Å². The highest BCUT2D eigenvalue weighted by atomic mass is 16.5. The Hall–Kier alpha value is -4.47. The molecule has 2 aromatic heterocycles. The Morgan fingerprint density at radius 2 is 1.77 bits per heavy atom. The Kier molecular flexibility index (Phi) is 10.4. The van der Waals surface area contributed by atoms with E-state index in [-0.39, 0.29) is 11.7 Å². The lowest BCUT2D eigenvalue weighted by atomic mass is 9.92. The van der Waals surface area contributed by atoms with E-state index in [4.69, 9.17) is 24.3 Å².